The summed E-state index contributed by atoms with van der Waals surface area (Å²) in [5.41, 5.74) is 0. The van der Waals surface area contributed by atoms with Gasteiger partial charge >= 0.3 is 0 Å². The van der Waals surface area contributed by atoms with Crippen LogP contribution >= 0.6 is 0 Å². The summed E-state index contributed by atoms with van der Waals surface area (Å²) in [5, 5.41) is 2.87. The molecular formula is C18H39NO2. The van der Waals surface area contributed by atoms with Crippen LogP contribution in [-0.2, 0) is 9.78 Å². The van der Waals surface area contributed by atoms with Crippen molar-refractivity contribution in [3.05, 3.63) is 0 Å². The van der Waals surface area contributed by atoms with Crippen LogP contribution in [0.4, 0.5) is 0 Å². The van der Waals surface area contributed by atoms with Gasteiger partial charge in [0.1, 0.15) is 6.73 Å². The van der Waals surface area contributed by atoms with E-state index in [9.17, 15) is 0 Å². The molecule has 0 radical (unpaired) electrons. The van der Waals surface area contributed by atoms with Crippen LogP contribution in [0.5, 0.6) is 0 Å². The third-order valence-corrected chi connectivity index (χ3v) is 4.16. The van der Waals surface area contributed by atoms with Gasteiger partial charge in [-0.1, -0.05) is 84.5 Å². The summed E-state index contributed by atoms with van der Waals surface area (Å²) in [4.78, 5) is 9.90. The molecule has 0 aliphatic rings. The lowest BCUT2D eigenvalue weighted by molar-refractivity contribution is -0.298. The Labute approximate surface area is 133 Å². The van der Waals surface area contributed by atoms with Gasteiger partial charge in [-0.25, -0.2) is 9.78 Å². The van der Waals surface area contributed by atoms with E-state index in [2.05, 4.69) is 19.2 Å². The molecule has 0 aliphatic carbocycles. The van der Waals surface area contributed by atoms with E-state index < -0.39 is 0 Å². The van der Waals surface area contributed by atoms with Crippen molar-refractivity contribution in [3.63, 3.8) is 0 Å². The van der Waals surface area contributed by atoms with Gasteiger partial charge in [0.2, 0.25) is 0 Å². The zero-order chi connectivity index (χ0) is 15.6. The molecule has 0 aromatic carbocycles. The zero-order valence-electron chi connectivity index (χ0n) is 14.8. The minimum Gasteiger partial charge on any atom is -0.295 e. The van der Waals surface area contributed by atoms with Crippen molar-refractivity contribution in [1.29, 1.82) is 0 Å². The molecule has 1 N–H and O–H groups in total. The Kier molecular flexibility index (Phi) is 17.8. The van der Waals surface area contributed by atoms with Crippen LogP contribution in [0.15, 0.2) is 0 Å². The van der Waals surface area contributed by atoms with Gasteiger partial charge < -0.3 is 0 Å². The number of hydrogen-bond acceptors (Lipinski definition) is 3. The Bertz CT molecular complexity index is 188. The summed E-state index contributed by atoms with van der Waals surface area (Å²) in [6.45, 7) is 5.86. The molecule has 21 heavy (non-hydrogen) atoms. The van der Waals surface area contributed by atoms with Gasteiger partial charge in [-0.05, 0) is 19.4 Å². The van der Waals surface area contributed by atoms with Crippen LogP contribution in [0.1, 0.15) is 90.9 Å². The maximum absolute atomic E-state index is 5.02. The van der Waals surface area contributed by atoms with E-state index in [1.165, 1.54) is 70.6 Å². The first-order valence-electron chi connectivity index (χ1n) is 9.20. The SMILES string of the molecule is CCC(C)CCCCCCCCCCCCOOCNC. The van der Waals surface area contributed by atoms with Crippen LogP contribution in [-0.4, -0.2) is 20.4 Å². The molecule has 0 fully saturated rings. The zero-order valence-corrected chi connectivity index (χ0v) is 14.8. The lowest BCUT2D eigenvalue weighted by atomic mass is 9.99. The molecule has 0 rings (SSSR count). The molecule has 1 unspecified atom stereocenters. The first-order valence-corrected chi connectivity index (χ1v) is 9.20. The van der Waals surface area contributed by atoms with Crippen molar-refractivity contribution in [2.75, 3.05) is 20.4 Å². The number of nitrogens with one attached hydrogen (secondary N) is 1. The van der Waals surface area contributed by atoms with E-state index in [0.717, 1.165) is 18.9 Å². The van der Waals surface area contributed by atoms with Gasteiger partial charge in [0, 0.05) is 0 Å². The number of rotatable bonds is 17. The highest BCUT2D eigenvalue weighted by Crippen LogP contribution is 2.15. The van der Waals surface area contributed by atoms with Crippen molar-refractivity contribution in [2.24, 2.45) is 5.92 Å². The maximum Gasteiger partial charge on any atom is 0.132 e. The first kappa shape index (κ1) is 20.9. The standard InChI is InChI=1S/C18H39NO2/c1-4-18(2)15-13-11-9-7-5-6-8-10-12-14-16-20-21-17-19-3/h18-19H,4-17H2,1-3H3. The summed E-state index contributed by atoms with van der Waals surface area (Å²) in [6, 6.07) is 0. The molecule has 1 atom stereocenters. The summed E-state index contributed by atoms with van der Waals surface area (Å²) in [5.74, 6) is 0.928. The van der Waals surface area contributed by atoms with Crippen LogP contribution in [0.25, 0.3) is 0 Å². The fourth-order valence-corrected chi connectivity index (χ4v) is 2.43. The second-order valence-electron chi connectivity index (χ2n) is 6.28. The topological polar surface area (TPSA) is 30.5 Å². The fraction of sp³-hybridized carbons (Fsp3) is 1.00. The van der Waals surface area contributed by atoms with E-state index in [-0.39, 0.29) is 0 Å². The van der Waals surface area contributed by atoms with E-state index in [1.54, 1.807) is 0 Å². The Morgan fingerprint density at radius 3 is 1.81 bits per heavy atom. The molecule has 0 spiro atoms. The van der Waals surface area contributed by atoms with Gasteiger partial charge in [-0.15, -0.1) is 0 Å². The molecule has 128 valence electrons. The largest absolute Gasteiger partial charge is 0.295 e. The van der Waals surface area contributed by atoms with Crippen LogP contribution in [0, 0.1) is 5.92 Å². The third-order valence-electron chi connectivity index (χ3n) is 4.16. The van der Waals surface area contributed by atoms with E-state index >= 15 is 0 Å². The highest BCUT2D eigenvalue weighted by Gasteiger charge is 1.98. The molecule has 0 aliphatic heterocycles. The lowest BCUT2D eigenvalue weighted by Crippen LogP contribution is -2.12. The molecule has 0 aromatic heterocycles. The molecular weight excluding hydrogens is 262 g/mol. The Hall–Kier alpha value is -0.120. The normalized spacial score (nSPS) is 12.7. The van der Waals surface area contributed by atoms with Crippen molar-refractivity contribution in [2.45, 2.75) is 90.9 Å². The van der Waals surface area contributed by atoms with Gasteiger partial charge in [-0.2, -0.15) is 0 Å². The minimum atomic E-state index is 0.470. The predicted octanol–water partition coefficient (Wildman–Crippen LogP) is 5.45. The van der Waals surface area contributed by atoms with Crippen molar-refractivity contribution >= 4 is 0 Å². The summed E-state index contributed by atoms with van der Waals surface area (Å²) in [7, 11) is 1.84. The van der Waals surface area contributed by atoms with Crippen LogP contribution < -0.4 is 5.32 Å². The van der Waals surface area contributed by atoms with Crippen molar-refractivity contribution in [3.8, 4) is 0 Å². The molecule has 0 aromatic rings. The molecule has 0 heterocycles. The van der Waals surface area contributed by atoms with Gasteiger partial charge in [-0.3, -0.25) is 5.32 Å². The summed E-state index contributed by atoms with van der Waals surface area (Å²) < 4.78 is 0. The Morgan fingerprint density at radius 1 is 0.762 bits per heavy atom. The highest BCUT2D eigenvalue weighted by molar-refractivity contribution is 4.52. The molecule has 0 saturated heterocycles. The second kappa shape index (κ2) is 17.9. The van der Waals surface area contributed by atoms with Crippen LogP contribution in [0.2, 0.25) is 0 Å². The van der Waals surface area contributed by atoms with E-state index in [0.29, 0.717) is 6.73 Å². The molecule has 3 heteroatoms. The van der Waals surface area contributed by atoms with Gasteiger partial charge in [0.05, 0.1) is 6.61 Å². The monoisotopic (exact) mass is 301 g/mol. The second-order valence-corrected chi connectivity index (χ2v) is 6.28. The quantitative estimate of drug-likeness (QED) is 0.168. The van der Waals surface area contributed by atoms with Gasteiger partial charge in [0.25, 0.3) is 0 Å². The molecule has 0 amide bonds. The molecule has 3 nitrogen and oxygen atoms in total. The average molecular weight is 302 g/mol. The van der Waals surface area contributed by atoms with Crippen molar-refractivity contribution in [1.82, 2.24) is 5.32 Å². The number of hydrogen-bond donors (Lipinski definition) is 1. The third kappa shape index (κ3) is 17.8. The fourth-order valence-electron chi connectivity index (χ4n) is 2.43. The maximum atomic E-state index is 5.02. The lowest BCUT2D eigenvalue weighted by Gasteiger charge is -2.07. The Morgan fingerprint density at radius 2 is 1.29 bits per heavy atom. The van der Waals surface area contributed by atoms with Crippen molar-refractivity contribution < 1.29 is 9.78 Å². The Balaban J connectivity index is 2.96. The highest BCUT2D eigenvalue weighted by atomic mass is 17.2. The molecule has 0 saturated carbocycles. The molecule has 0 bridgehead atoms. The smallest absolute Gasteiger partial charge is 0.132 e. The van der Waals surface area contributed by atoms with Crippen LogP contribution in [0.3, 0.4) is 0 Å². The average Bonchev–Trinajstić information content (AvgIpc) is 2.50. The predicted molar refractivity (Wildman–Crippen MR) is 91.2 cm³/mol. The number of unbranched alkanes of at least 4 members (excludes halogenated alkanes) is 9. The minimum absolute atomic E-state index is 0.470. The van der Waals surface area contributed by atoms with E-state index in [1.807, 2.05) is 7.05 Å². The summed E-state index contributed by atoms with van der Waals surface area (Å²) >= 11 is 0. The van der Waals surface area contributed by atoms with E-state index in [4.69, 9.17) is 9.78 Å². The van der Waals surface area contributed by atoms with Gasteiger partial charge in [0.15, 0.2) is 0 Å². The first-order chi connectivity index (χ1) is 10.3. The summed E-state index contributed by atoms with van der Waals surface area (Å²) in [6.07, 6.45) is 16.4.